The second-order valence-electron chi connectivity index (χ2n) is 5.42. The summed E-state index contributed by atoms with van der Waals surface area (Å²) in [6.07, 6.45) is 0.170. The van der Waals surface area contributed by atoms with Gasteiger partial charge in [-0.15, -0.1) is 0 Å². The Morgan fingerprint density at radius 2 is 1.96 bits per heavy atom. The number of anilines is 1. The zero-order chi connectivity index (χ0) is 16.8. The van der Waals surface area contributed by atoms with Crippen LogP contribution in [0, 0.1) is 0 Å². The normalized spacial score (nSPS) is 10.6. The van der Waals surface area contributed by atoms with Gasteiger partial charge < -0.3 is 10.6 Å². The highest BCUT2D eigenvalue weighted by Crippen LogP contribution is 2.14. The molecule has 0 fully saturated rings. The van der Waals surface area contributed by atoms with Crippen molar-refractivity contribution in [3.8, 4) is 0 Å². The summed E-state index contributed by atoms with van der Waals surface area (Å²) in [6.45, 7) is 4.31. The lowest BCUT2D eigenvalue weighted by atomic mass is 10.1. The fraction of sp³-hybridized carbons (Fsp3) is 0.312. The Bertz CT molecular complexity index is 680. The molecule has 0 aliphatic rings. The largest absolute Gasteiger partial charge is 0.352 e. The highest BCUT2D eigenvalue weighted by Gasteiger charge is 2.09. The van der Waals surface area contributed by atoms with Gasteiger partial charge in [0.25, 0.3) is 5.91 Å². The molecule has 0 atom stereocenters. The summed E-state index contributed by atoms with van der Waals surface area (Å²) >= 11 is 5.77. The summed E-state index contributed by atoms with van der Waals surface area (Å²) in [7, 11) is 0. The third-order valence-corrected chi connectivity index (χ3v) is 3.48. The van der Waals surface area contributed by atoms with Crippen molar-refractivity contribution in [3.63, 3.8) is 0 Å². The van der Waals surface area contributed by atoms with E-state index in [1.165, 1.54) is 0 Å². The first-order valence-corrected chi connectivity index (χ1v) is 7.72. The van der Waals surface area contributed by atoms with Crippen molar-refractivity contribution in [2.45, 2.75) is 26.2 Å². The van der Waals surface area contributed by atoms with Crippen molar-refractivity contribution >= 4 is 29.2 Å². The molecule has 0 bridgehead atoms. The Labute approximate surface area is 139 Å². The Balaban J connectivity index is 1.75. The zero-order valence-electron chi connectivity index (χ0n) is 13.0. The fourth-order valence-corrected chi connectivity index (χ4v) is 2.02. The number of halogens is 1. The molecule has 6 nitrogen and oxygen atoms in total. The van der Waals surface area contributed by atoms with Gasteiger partial charge in [0.05, 0.1) is 0 Å². The van der Waals surface area contributed by atoms with Crippen molar-refractivity contribution in [1.82, 2.24) is 15.5 Å². The minimum Gasteiger partial charge on any atom is -0.352 e. The van der Waals surface area contributed by atoms with E-state index in [2.05, 4.69) is 20.8 Å². The third kappa shape index (κ3) is 5.10. The maximum atomic E-state index is 11.9. The van der Waals surface area contributed by atoms with Crippen LogP contribution in [0.1, 0.15) is 42.2 Å². The first kappa shape index (κ1) is 17.0. The standard InChI is InChI=1S/C16H19ClN4O2/c1-10(2)13-9-14(21-20-13)19-15(22)7-8-18-16(23)11-3-5-12(17)6-4-11/h3-6,9-10H,7-8H2,1-2H3,(H,18,23)(H2,19,20,21,22). The molecule has 2 rings (SSSR count). The summed E-state index contributed by atoms with van der Waals surface area (Å²) in [5, 5.41) is 12.8. The molecule has 122 valence electrons. The molecule has 23 heavy (non-hydrogen) atoms. The molecule has 0 unspecified atom stereocenters. The summed E-state index contributed by atoms with van der Waals surface area (Å²) < 4.78 is 0. The number of H-pyrrole nitrogens is 1. The average Bonchev–Trinajstić information content (AvgIpc) is 2.96. The van der Waals surface area contributed by atoms with Crippen LogP contribution in [-0.2, 0) is 4.79 Å². The van der Waals surface area contributed by atoms with Gasteiger partial charge >= 0.3 is 0 Å². The fourth-order valence-electron chi connectivity index (χ4n) is 1.89. The molecule has 3 N–H and O–H groups in total. The molecular formula is C16H19ClN4O2. The summed E-state index contributed by atoms with van der Waals surface area (Å²) in [5.41, 5.74) is 1.46. The van der Waals surface area contributed by atoms with Gasteiger partial charge in [-0.3, -0.25) is 14.7 Å². The average molecular weight is 335 g/mol. The molecule has 2 amide bonds. The molecule has 1 aromatic heterocycles. The van der Waals surface area contributed by atoms with Gasteiger partial charge in [0, 0.05) is 35.3 Å². The Morgan fingerprint density at radius 3 is 2.57 bits per heavy atom. The minimum atomic E-state index is -0.240. The summed E-state index contributed by atoms with van der Waals surface area (Å²) in [6, 6.07) is 8.36. The number of carbonyl (C=O) groups excluding carboxylic acids is 2. The number of benzene rings is 1. The topological polar surface area (TPSA) is 86.9 Å². The predicted molar refractivity (Wildman–Crippen MR) is 89.7 cm³/mol. The van der Waals surface area contributed by atoms with Gasteiger partial charge in [0.1, 0.15) is 0 Å². The van der Waals surface area contributed by atoms with Crippen LogP contribution < -0.4 is 10.6 Å². The molecule has 0 aliphatic carbocycles. The predicted octanol–water partition coefficient (Wildman–Crippen LogP) is 2.95. The van der Waals surface area contributed by atoms with Crippen molar-refractivity contribution in [3.05, 3.63) is 46.6 Å². The Morgan fingerprint density at radius 1 is 1.26 bits per heavy atom. The van der Waals surface area contributed by atoms with E-state index < -0.39 is 0 Å². The monoisotopic (exact) mass is 334 g/mol. The first-order chi connectivity index (χ1) is 11.0. The van der Waals surface area contributed by atoms with Gasteiger partial charge in [-0.25, -0.2) is 0 Å². The lowest BCUT2D eigenvalue weighted by molar-refractivity contribution is -0.116. The van der Waals surface area contributed by atoms with Crippen molar-refractivity contribution in [1.29, 1.82) is 0 Å². The van der Waals surface area contributed by atoms with Crippen LogP contribution in [-0.4, -0.2) is 28.6 Å². The lowest BCUT2D eigenvalue weighted by Crippen LogP contribution is -2.27. The van der Waals surface area contributed by atoms with E-state index in [4.69, 9.17) is 11.6 Å². The van der Waals surface area contributed by atoms with E-state index >= 15 is 0 Å². The van der Waals surface area contributed by atoms with Crippen LogP contribution in [0.15, 0.2) is 30.3 Å². The molecular weight excluding hydrogens is 316 g/mol. The van der Waals surface area contributed by atoms with E-state index in [9.17, 15) is 9.59 Å². The molecule has 0 saturated carbocycles. The molecule has 2 aromatic rings. The van der Waals surface area contributed by atoms with Gasteiger partial charge in [0.15, 0.2) is 5.82 Å². The number of aromatic nitrogens is 2. The molecule has 1 heterocycles. The second kappa shape index (κ2) is 7.78. The molecule has 0 saturated heterocycles. The van der Waals surface area contributed by atoms with Gasteiger partial charge in [0.2, 0.25) is 5.91 Å². The molecule has 7 heteroatoms. The van der Waals surface area contributed by atoms with Crippen LogP contribution in [0.3, 0.4) is 0 Å². The first-order valence-electron chi connectivity index (χ1n) is 7.34. The molecule has 0 aliphatic heterocycles. The minimum absolute atomic E-state index is 0.170. The van der Waals surface area contributed by atoms with E-state index in [0.717, 1.165) is 5.69 Å². The van der Waals surface area contributed by atoms with Crippen LogP contribution in [0.2, 0.25) is 5.02 Å². The summed E-state index contributed by atoms with van der Waals surface area (Å²) in [5.74, 6) is 0.356. The highest BCUT2D eigenvalue weighted by atomic mass is 35.5. The number of carbonyl (C=O) groups is 2. The lowest BCUT2D eigenvalue weighted by Gasteiger charge is -2.05. The zero-order valence-corrected chi connectivity index (χ0v) is 13.8. The van der Waals surface area contributed by atoms with Crippen molar-refractivity contribution in [2.75, 3.05) is 11.9 Å². The SMILES string of the molecule is CC(C)c1cc(NC(=O)CCNC(=O)c2ccc(Cl)cc2)n[nH]1. The van der Waals surface area contributed by atoms with E-state index in [1.807, 2.05) is 13.8 Å². The quantitative estimate of drug-likeness (QED) is 0.759. The number of amides is 2. The van der Waals surface area contributed by atoms with Gasteiger partial charge in [-0.1, -0.05) is 25.4 Å². The molecule has 0 radical (unpaired) electrons. The van der Waals surface area contributed by atoms with Crippen LogP contribution in [0.25, 0.3) is 0 Å². The van der Waals surface area contributed by atoms with Crippen molar-refractivity contribution < 1.29 is 9.59 Å². The van der Waals surface area contributed by atoms with Crippen molar-refractivity contribution in [2.24, 2.45) is 0 Å². The smallest absolute Gasteiger partial charge is 0.251 e. The van der Waals surface area contributed by atoms with E-state index in [-0.39, 0.29) is 24.8 Å². The van der Waals surface area contributed by atoms with Crippen LogP contribution >= 0.6 is 11.6 Å². The number of nitrogens with one attached hydrogen (secondary N) is 3. The molecule has 1 aromatic carbocycles. The maximum Gasteiger partial charge on any atom is 0.251 e. The maximum absolute atomic E-state index is 11.9. The number of hydrogen-bond donors (Lipinski definition) is 3. The van der Waals surface area contributed by atoms with E-state index in [1.54, 1.807) is 30.3 Å². The second-order valence-corrected chi connectivity index (χ2v) is 5.86. The van der Waals surface area contributed by atoms with Gasteiger partial charge in [-0.05, 0) is 30.2 Å². The summed E-state index contributed by atoms with van der Waals surface area (Å²) in [4.78, 5) is 23.7. The third-order valence-electron chi connectivity index (χ3n) is 3.23. The van der Waals surface area contributed by atoms with Crippen LogP contribution in [0.4, 0.5) is 5.82 Å². The Kier molecular flexibility index (Phi) is 5.76. The number of rotatable bonds is 6. The van der Waals surface area contributed by atoms with E-state index in [0.29, 0.717) is 22.3 Å². The number of nitrogens with zero attached hydrogens (tertiary/aromatic N) is 1. The number of aromatic amines is 1. The Hall–Kier alpha value is -2.34. The van der Waals surface area contributed by atoms with Gasteiger partial charge in [-0.2, -0.15) is 5.10 Å². The highest BCUT2D eigenvalue weighted by molar-refractivity contribution is 6.30. The number of hydrogen-bond acceptors (Lipinski definition) is 3. The van der Waals surface area contributed by atoms with Crippen LogP contribution in [0.5, 0.6) is 0 Å². The molecule has 0 spiro atoms.